The van der Waals surface area contributed by atoms with Crippen LogP contribution in [0.15, 0.2) is 42.5 Å². The number of nitrogens with zero attached hydrogens (tertiary/aromatic N) is 2. The number of benzene rings is 2. The van der Waals surface area contributed by atoms with Crippen LogP contribution in [0.2, 0.25) is 0 Å². The lowest BCUT2D eigenvalue weighted by Crippen LogP contribution is -2.10. The number of rotatable bonds is 7. The topological polar surface area (TPSA) is 105 Å². The van der Waals surface area contributed by atoms with Crippen molar-refractivity contribution in [3.8, 4) is 11.5 Å². The summed E-state index contributed by atoms with van der Waals surface area (Å²) in [7, 11) is 0. The molecule has 0 bridgehead atoms. The number of ether oxygens (including phenoxy) is 2. The molecule has 8 nitrogen and oxygen atoms in total. The molecule has 0 spiro atoms. The monoisotopic (exact) mass is 322 g/mol. The third kappa shape index (κ3) is 4.37. The van der Waals surface area contributed by atoms with E-state index in [1.165, 1.54) is 24.3 Å². The van der Waals surface area contributed by atoms with Gasteiger partial charge in [0.15, 0.2) is 5.75 Å². The van der Waals surface area contributed by atoms with Gasteiger partial charge in [0.25, 0.3) is 5.69 Å². The summed E-state index contributed by atoms with van der Waals surface area (Å²) in [4.78, 5) is 20.2. The van der Waals surface area contributed by atoms with Crippen molar-refractivity contribution < 1.29 is 23.7 Å². The van der Waals surface area contributed by atoms with Crippen molar-refractivity contribution in [1.29, 1.82) is 0 Å². The maximum atomic E-state index is 13.1. The second-order valence-electron chi connectivity index (χ2n) is 4.32. The minimum atomic E-state index is -0.684. The van der Waals surface area contributed by atoms with Crippen LogP contribution in [0.3, 0.4) is 0 Å². The molecule has 120 valence electrons. The van der Waals surface area contributed by atoms with Crippen molar-refractivity contribution in [3.05, 3.63) is 68.5 Å². The van der Waals surface area contributed by atoms with Crippen molar-refractivity contribution in [2.24, 2.45) is 0 Å². The van der Waals surface area contributed by atoms with E-state index in [0.29, 0.717) is 0 Å². The second kappa shape index (κ2) is 7.16. The van der Waals surface area contributed by atoms with Crippen LogP contribution in [-0.2, 0) is 0 Å². The molecule has 0 aliphatic carbocycles. The molecule has 0 amide bonds. The Bertz CT molecular complexity index is 737. The highest BCUT2D eigenvalue weighted by molar-refractivity contribution is 5.46. The largest absolute Gasteiger partial charge is 0.490 e. The van der Waals surface area contributed by atoms with Gasteiger partial charge in [0.2, 0.25) is 0 Å². The molecule has 0 saturated carbocycles. The van der Waals surface area contributed by atoms with Gasteiger partial charge in [-0.3, -0.25) is 20.2 Å². The summed E-state index contributed by atoms with van der Waals surface area (Å²) in [5.41, 5.74) is -0.481. The Morgan fingerprint density at radius 3 is 2.39 bits per heavy atom. The molecule has 0 fully saturated rings. The number of hydrogen-bond donors (Lipinski definition) is 0. The number of nitro groups is 2. The molecule has 23 heavy (non-hydrogen) atoms. The molecule has 0 unspecified atom stereocenters. The lowest BCUT2D eigenvalue weighted by Gasteiger charge is -2.08. The molecule has 2 rings (SSSR count). The number of halogens is 1. The van der Waals surface area contributed by atoms with E-state index in [1.807, 2.05) is 0 Å². The molecule has 0 aliphatic heterocycles. The third-order valence-electron chi connectivity index (χ3n) is 2.76. The smallest absolute Gasteiger partial charge is 0.311 e. The van der Waals surface area contributed by atoms with Crippen LogP contribution in [0.4, 0.5) is 15.8 Å². The molecule has 2 aromatic rings. The van der Waals surface area contributed by atoms with Gasteiger partial charge < -0.3 is 9.47 Å². The van der Waals surface area contributed by atoms with Crippen LogP contribution < -0.4 is 9.47 Å². The van der Waals surface area contributed by atoms with Crippen molar-refractivity contribution in [2.75, 3.05) is 13.2 Å². The number of hydrogen-bond acceptors (Lipinski definition) is 6. The first-order valence-electron chi connectivity index (χ1n) is 6.41. The maximum Gasteiger partial charge on any atom is 0.311 e. The molecule has 0 saturated heterocycles. The zero-order valence-electron chi connectivity index (χ0n) is 11.7. The van der Waals surface area contributed by atoms with E-state index in [0.717, 1.165) is 18.2 Å². The van der Waals surface area contributed by atoms with Gasteiger partial charge in [-0.1, -0.05) is 6.07 Å². The number of nitro benzene ring substituents is 2. The molecule has 2 aromatic carbocycles. The van der Waals surface area contributed by atoms with Crippen LogP contribution in [-0.4, -0.2) is 23.1 Å². The van der Waals surface area contributed by atoms with Crippen molar-refractivity contribution >= 4 is 11.4 Å². The molecule has 0 N–H and O–H groups in total. The van der Waals surface area contributed by atoms with E-state index < -0.39 is 15.7 Å². The van der Waals surface area contributed by atoms with Gasteiger partial charge in [-0.15, -0.1) is 0 Å². The summed E-state index contributed by atoms with van der Waals surface area (Å²) in [5.74, 6) is -0.612. The van der Waals surface area contributed by atoms with Crippen LogP contribution in [0.5, 0.6) is 11.5 Å². The molecule has 0 atom stereocenters. The van der Waals surface area contributed by atoms with Gasteiger partial charge in [0.05, 0.1) is 15.9 Å². The lowest BCUT2D eigenvalue weighted by atomic mass is 10.3. The average molecular weight is 322 g/mol. The van der Waals surface area contributed by atoms with Gasteiger partial charge in [-0.25, -0.2) is 4.39 Å². The second-order valence-corrected chi connectivity index (χ2v) is 4.32. The summed E-state index contributed by atoms with van der Waals surface area (Å²) >= 11 is 0. The standard InChI is InChI=1S/C14H11FN2O6/c15-10-4-5-13(17(20)21)14(8-10)23-7-6-22-12-3-1-2-11(9-12)16(18)19/h1-5,8-9H,6-7H2. The summed E-state index contributed by atoms with van der Waals surface area (Å²) < 4.78 is 23.5. The summed E-state index contributed by atoms with van der Waals surface area (Å²) in [6.07, 6.45) is 0. The van der Waals surface area contributed by atoms with Crippen molar-refractivity contribution in [3.63, 3.8) is 0 Å². The molecule has 0 radical (unpaired) electrons. The first-order valence-corrected chi connectivity index (χ1v) is 6.41. The Hall–Kier alpha value is -3.23. The van der Waals surface area contributed by atoms with Gasteiger partial charge in [-0.05, 0) is 12.1 Å². The van der Waals surface area contributed by atoms with Crippen LogP contribution >= 0.6 is 0 Å². The first kappa shape index (κ1) is 16.1. The summed E-state index contributed by atoms with van der Waals surface area (Å²) in [6.45, 7) is -0.109. The average Bonchev–Trinajstić information content (AvgIpc) is 2.51. The number of non-ortho nitro benzene ring substituents is 1. The molecule has 9 heteroatoms. The maximum absolute atomic E-state index is 13.1. The minimum Gasteiger partial charge on any atom is -0.490 e. The van der Waals surface area contributed by atoms with E-state index in [-0.39, 0.29) is 36.1 Å². The molecular weight excluding hydrogens is 311 g/mol. The van der Waals surface area contributed by atoms with Crippen molar-refractivity contribution in [1.82, 2.24) is 0 Å². The quantitative estimate of drug-likeness (QED) is 0.440. The van der Waals surface area contributed by atoms with Crippen LogP contribution in [0, 0.1) is 26.0 Å². The SMILES string of the molecule is O=[N+]([O-])c1cccc(OCCOc2cc(F)ccc2[N+](=O)[O-])c1. The minimum absolute atomic E-state index is 0.0190. The zero-order valence-corrected chi connectivity index (χ0v) is 11.7. The zero-order chi connectivity index (χ0) is 16.8. The molecular formula is C14H11FN2O6. The molecule has 0 heterocycles. The van der Waals surface area contributed by atoms with Gasteiger partial charge in [0.1, 0.15) is 24.8 Å². The van der Waals surface area contributed by atoms with Crippen molar-refractivity contribution in [2.45, 2.75) is 0 Å². The van der Waals surface area contributed by atoms with Gasteiger partial charge >= 0.3 is 5.69 Å². The summed E-state index contributed by atoms with van der Waals surface area (Å²) in [5, 5.41) is 21.4. The first-order chi connectivity index (χ1) is 11.0. The fraction of sp³-hybridized carbons (Fsp3) is 0.143. The normalized spacial score (nSPS) is 10.1. The Balaban J connectivity index is 1.93. The van der Waals surface area contributed by atoms with E-state index in [4.69, 9.17) is 9.47 Å². The molecule has 0 aliphatic rings. The van der Waals surface area contributed by atoms with Gasteiger partial charge in [0, 0.05) is 18.2 Å². The highest BCUT2D eigenvalue weighted by Gasteiger charge is 2.15. The predicted molar refractivity (Wildman–Crippen MR) is 77.1 cm³/mol. The van der Waals surface area contributed by atoms with Gasteiger partial charge in [-0.2, -0.15) is 0 Å². The van der Waals surface area contributed by atoms with Crippen LogP contribution in [0.25, 0.3) is 0 Å². The predicted octanol–water partition coefficient (Wildman–Crippen LogP) is 3.10. The van der Waals surface area contributed by atoms with E-state index in [1.54, 1.807) is 0 Å². The third-order valence-corrected chi connectivity index (χ3v) is 2.76. The highest BCUT2D eigenvalue weighted by Crippen LogP contribution is 2.27. The Morgan fingerprint density at radius 2 is 1.70 bits per heavy atom. The molecule has 0 aromatic heterocycles. The Labute approximate surface area is 129 Å². The lowest BCUT2D eigenvalue weighted by molar-refractivity contribution is -0.385. The fourth-order valence-electron chi connectivity index (χ4n) is 1.75. The summed E-state index contributed by atoms with van der Waals surface area (Å²) in [6, 6.07) is 8.43. The Morgan fingerprint density at radius 1 is 0.957 bits per heavy atom. The van der Waals surface area contributed by atoms with E-state index in [2.05, 4.69) is 0 Å². The Kier molecular flexibility index (Phi) is 5.03. The van der Waals surface area contributed by atoms with E-state index >= 15 is 0 Å². The van der Waals surface area contributed by atoms with E-state index in [9.17, 15) is 24.6 Å². The highest BCUT2D eigenvalue weighted by atomic mass is 19.1. The van der Waals surface area contributed by atoms with Crippen LogP contribution in [0.1, 0.15) is 0 Å². The fourth-order valence-corrected chi connectivity index (χ4v) is 1.75.